The van der Waals surface area contributed by atoms with E-state index >= 15 is 0 Å². The van der Waals surface area contributed by atoms with Crippen LogP contribution >= 0.6 is 0 Å². The highest BCUT2D eigenvalue weighted by atomic mass is 19.4. The molecule has 1 aliphatic heterocycles. The van der Waals surface area contributed by atoms with Gasteiger partial charge in [0.25, 0.3) is 0 Å². The van der Waals surface area contributed by atoms with Crippen LogP contribution in [0.5, 0.6) is 11.6 Å². The van der Waals surface area contributed by atoms with Crippen LogP contribution in [0.2, 0.25) is 0 Å². The van der Waals surface area contributed by atoms with Crippen molar-refractivity contribution >= 4 is 10.8 Å². The molecule has 0 radical (unpaired) electrons. The number of hydrogen-bond acceptors (Lipinski definition) is 4. The van der Waals surface area contributed by atoms with Gasteiger partial charge in [-0.25, -0.2) is 4.98 Å². The fourth-order valence-electron chi connectivity index (χ4n) is 6.41. The summed E-state index contributed by atoms with van der Waals surface area (Å²) in [6, 6.07) is 18.8. The third-order valence-corrected chi connectivity index (χ3v) is 8.66. The maximum absolute atomic E-state index is 12.5. The predicted octanol–water partition coefficient (Wildman–Crippen LogP) is 8.02. The quantitative estimate of drug-likeness (QED) is 0.176. The number of rotatable bonds is 10. The number of alkyl halides is 3. The zero-order chi connectivity index (χ0) is 30.7. The first-order valence-electron chi connectivity index (χ1n) is 15.2. The Balaban J connectivity index is 0.997. The summed E-state index contributed by atoms with van der Waals surface area (Å²) in [5, 5.41) is 12.7. The summed E-state index contributed by atoms with van der Waals surface area (Å²) in [7, 11) is 0. The van der Waals surface area contributed by atoms with E-state index in [1.54, 1.807) is 22.9 Å². The molecule has 5 aromatic rings. The highest BCUT2D eigenvalue weighted by Gasteiger charge is 2.31. The Labute approximate surface area is 255 Å². The molecule has 230 valence electrons. The van der Waals surface area contributed by atoms with Crippen LogP contribution in [0.1, 0.15) is 47.9 Å². The van der Waals surface area contributed by atoms with Gasteiger partial charge in [0.15, 0.2) is 5.88 Å². The van der Waals surface area contributed by atoms with Gasteiger partial charge in [-0.05, 0) is 104 Å². The highest BCUT2D eigenvalue weighted by Crippen LogP contribution is 2.33. The van der Waals surface area contributed by atoms with Crippen molar-refractivity contribution in [2.45, 2.75) is 58.5 Å². The van der Waals surface area contributed by atoms with Crippen LogP contribution in [0, 0.1) is 12.8 Å². The maximum atomic E-state index is 12.5. The van der Waals surface area contributed by atoms with Gasteiger partial charge in [0.2, 0.25) is 0 Å². The lowest BCUT2D eigenvalue weighted by atomic mass is 9.90. The number of likely N-dealkylation sites (tertiary alicyclic amines) is 1. The van der Waals surface area contributed by atoms with Crippen molar-refractivity contribution in [3.63, 3.8) is 0 Å². The van der Waals surface area contributed by atoms with E-state index in [1.165, 1.54) is 48.9 Å². The summed E-state index contributed by atoms with van der Waals surface area (Å²) in [5.74, 6) is 0.663. The molecule has 0 aliphatic carbocycles. The van der Waals surface area contributed by atoms with E-state index < -0.39 is 6.36 Å². The van der Waals surface area contributed by atoms with Gasteiger partial charge < -0.3 is 19.0 Å². The minimum absolute atomic E-state index is 0.162. The Hall–Kier alpha value is -4.24. The number of imidazole rings is 1. The zero-order valence-electron chi connectivity index (χ0n) is 24.8. The minimum atomic E-state index is -4.72. The molecule has 0 spiro atoms. The number of benzene rings is 3. The van der Waals surface area contributed by atoms with E-state index in [4.69, 9.17) is 0 Å². The van der Waals surface area contributed by atoms with Gasteiger partial charge in [-0.15, -0.1) is 13.2 Å². The van der Waals surface area contributed by atoms with Crippen molar-refractivity contribution in [3.8, 4) is 17.3 Å². The van der Waals surface area contributed by atoms with E-state index in [-0.39, 0.29) is 11.6 Å². The fourth-order valence-corrected chi connectivity index (χ4v) is 6.41. The van der Waals surface area contributed by atoms with Gasteiger partial charge in [-0.2, -0.15) is 0 Å². The number of piperidine rings is 1. The number of hydrogen-bond donors (Lipinski definition) is 1. The molecule has 1 saturated heterocycles. The Morgan fingerprint density at radius 1 is 0.932 bits per heavy atom. The average molecular weight is 603 g/mol. The number of aromatic hydroxyl groups is 1. The topological polar surface area (TPSA) is 55.5 Å². The van der Waals surface area contributed by atoms with Crippen LogP contribution < -0.4 is 4.74 Å². The first-order chi connectivity index (χ1) is 21.2. The van der Waals surface area contributed by atoms with E-state index in [9.17, 15) is 18.3 Å². The SMILES string of the molecule is Cc1cc(CN2CCC(CCCc3ccc(-n4ccnc4)cc3)CC2)cc2cn(Cc3ccc(OC(F)(F)F)cc3)c(O)c12. The predicted molar refractivity (Wildman–Crippen MR) is 165 cm³/mol. The molecule has 1 aliphatic rings. The second-order valence-corrected chi connectivity index (χ2v) is 11.9. The Bertz CT molecular complexity index is 1670. The summed E-state index contributed by atoms with van der Waals surface area (Å²) in [6.07, 6.45) is 8.75. The number of aryl methyl sites for hydroxylation is 2. The molecule has 2 aromatic heterocycles. The largest absolute Gasteiger partial charge is 0.573 e. The van der Waals surface area contributed by atoms with Crippen LogP contribution in [0.15, 0.2) is 85.6 Å². The van der Waals surface area contributed by atoms with E-state index in [0.717, 1.165) is 59.6 Å². The number of fused-ring (bicyclic) bond motifs is 1. The van der Waals surface area contributed by atoms with Gasteiger partial charge in [0.05, 0.1) is 12.9 Å². The lowest BCUT2D eigenvalue weighted by Crippen LogP contribution is -2.33. The molecule has 0 unspecified atom stereocenters. The molecule has 0 saturated carbocycles. The van der Waals surface area contributed by atoms with Gasteiger partial charge in [0.1, 0.15) is 5.75 Å². The number of ether oxygens (including phenoxy) is 1. The number of halogens is 3. The molecule has 0 bridgehead atoms. The summed E-state index contributed by atoms with van der Waals surface area (Å²) < 4.78 is 45.1. The third kappa shape index (κ3) is 7.27. The van der Waals surface area contributed by atoms with Crippen LogP contribution in [0.25, 0.3) is 16.5 Å². The number of nitrogens with zero attached hydrogens (tertiary/aromatic N) is 4. The molecule has 1 N–H and O–H groups in total. The van der Waals surface area contributed by atoms with Crippen molar-refractivity contribution in [2.75, 3.05) is 13.1 Å². The lowest BCUT2D eigenvalue weighted by molar-refractivity contribution is -0.274. The highest BCUT2D eigenvalue weighted by molar-refractivity contribution is 5.91. The first kappa shape index (κ1) is 29.8. The van der Waals surface area contributed by atoms with Crippen molar-refractivity contribution in [3.05, 3.63) is 108 Å². The summed E-state index contributed by atoms with van der Waals surface area (Å²) >= 11 is 0. The second-order valence-electron chi connectivity index (χ2n) is 11.9. The monoisotopic (exact) mass is 602 g/mol. The van der Waals surface area contributed by atoms with Crippen LogP contribution in [-0.2, 0) is 19.5 Å². The number of aromatic nitrogens is 3. The minimum Gasteiger partial charge on any atom is -0.494 e. The van der Waals surface area contributed by atoms with Gasteiger partial charge >= 0.3 is 6.36 Å². The molecule has 0 atom stereocenters. The molecule has 3 aromatic carbocycles. The summed E-state index contributed by atoms with van der Waals surface area (Å²) in [6.45, 7) is 5.39. The van der Waals surface area contributed by atoms with Crippen LogP contribution in [0.4, 0.5) is 13.2 Å². The Morgan fingerprint density at radius 3 is 2.34 bits per heavy atom. The fraction of sp³-hybridized carbons (Fsp3) is 0.343. The molecule has 44 heavy (non-hydrogen) atoms. The summed E-state index contributed by atoms with van der Waals surface area (Å²) in [5.41, 5.74) is 5.51. The smallest absolute Gasteiger partial charge is 0.494 e. The van der Waals surface area contributed by atoms with Crippen LogP contribution in [0.3, 0.4) is 0 Å². The molecular formula is C35H37F3N4O2. The Kier molecular flexibility index (Phi) is 8.66. The van der Waals surface area contributed by atoms with Crippen LogP contribution in [-0.4, -0.2) is 43.6 Å². The molecule has 6 nitrogen and oxygen atoms in total. The normalized spacial score (nSPS) is 14.8. The zero-order valence-corrected chi connectivity index (χ0v) is 24.8. The second kappa shape index (κ2) is 12.8. The molecule has 6 rings (SSSR count). The van der Waals surface area contributed by atoms with E-state index in [2.05, 4.69) is 51.0 Å². The standard InChI is InChI=1S/C35H37F3N4O2/c1-25-19-29(20-30-23-42(34(43)33(25)30)22-28-7-11-32(12-8-28)44-35(36,37)38)21-40-16-13-27(14-17-40)4-2-3-26-5-9-31(10-6-26)41-18-15-39-24-41/h5-12,15,18-20,23-24,27,43H,2-4,13-14,16-17,21-22H2,1H3. The van der Waals surface area contributed by atoms with Crippen molar-refractivity contribution in [1.82, 2.24) is 19.0 Å². The Morgan fingerprint density at radius 2 is 1.66 bits per heavy atom. The van der Waals surface area contributed by atoms with Crippen molar-refractivity contribution in [1.29, 1.82) is 0 Å². The van der Waals surface area contributed by atoms with Crippen molar-refractivity contribution < 1.29 is 23.0 Å². The molecular weight excluding hydrogens is 565 g/mol. The third-order valence-electron chi connectivity index (χ3n) is 8.66. The van der Waals surface area contributed by atoms with Gasteiger partial charge in [0, 0.05) is 41.6 Å². The molecule has 3 heterocycles. The first-order valence-corrected chi connectivity index (χ1v) is 15.2. The molecule has 0 amide bonds. The van der Waals surface area contributed by atoms with Gasteiger partial charge in [-0.3, -0.25) is 4.90 Å². The molecule has 1 fully saturated rings. The van der Waals surface area contributed by atoms with Gasteiger partial charge in [-0.1, -0.05) is 36.8 Å². The maximum Gasteiger partial charge on any atom is 0.573 e. The van der Waals surface area contributed by atoms with E-state index in [0.29, 0.717) is 6.54 Å². The lowest BCUT2D eigenvalue weighted by Gasteiger charge is -2.32. The average Bonchev–Trinajstić information content (AvgIpc) is 3.63. The summed E-state index contributed by atoms with van der Waals surface area (Å²) in [4.78, 5) is 6.64. The van der Waals surface area contributed by atoms with Crippen molar-refractivity contribution in [2.24, 2.45) is 5.92 Å². The molecule has 9 heteroatoms. The van der Waals surface area contributed by atoms with E-state index in [1.807, 2.05) is 30.2 Å².